The van der Waals surface area contributed by atoms with Crippen LogP contribution in [0.2, 0.25) is 0 Å². The second-order valence-corrected chi connectivity index (χ2v) is 2.90. The third-order valence-corrected chi connectivity index (χ3v) is 1.87. The van der Waals surface area contributed by atoms with Crippen LogP contribution in [0.25, 0.3) is 0 Å². The molecule has 0 aliphatic carbocycles. The topological polar surface area (TPSA) is 72.3 Å². The van der Waals surface area contributed by atoms with Crippen LogP contribution in [0, 0.1) is 0 Å². The van der Waals surface area contributed by atoms with Gasteiger partial charge in [-0.3, -0.25) is 0 Å². The molecule has 66 valence electrons. The highest BCUT2D eigenvalue weighted by molar-refractivity contribution is 5.48. The number of rotatable bonds is 2. The maximum absolute atomic E-state index is 9.22. The van der Waals surface area contributed by atoms with Crippen LogP contribution in [0.15, 0.2) is 24.3 Å². The van der Waals surface area contributed by atoms with Crippen LogP contribution in [0.5, 0.6) is 0 Å². The Hall–Kier alpha value is -1.06. The molecule has 1 aromatic rings. The number of hydrogen-bond donors (Lipinski definition) is 3. The molecule has 0 fully saturated rings. The van der Waals surface area contributed by atoms with E-state index in [-0.39, 0.29) is 0 Å². The molecular weight excluding hydrogens is 152 g/mol. The molecule has 0 radical (unpaired) electrons. The van der Waals surface area contributed by atoms with Crippen LogP contribution in [0.1, 0.15) is 18.5 Å². The standard InChI is InChI=1S/C9H14N2O/c1-6(12)9(11)7-4-2-3-5-8(7)10/h2-6,9,12H,10-11H2,1H3/t6-,9+/m1/s1. The minimum Gasteiger partial charge on any atom is -0.398 e. The highest BCUT2D eigenvalue weighted by atomic mass is 16.3. The van der Waals surface area contributed by atoms with Gasteiger partial charge in [0.2, 0.25) is 0 Å². The van der Waals surface area contributed by atoms with E-state index in [1.54, 1.807) is 13.0 Å². The molecule has 12 heavy (non-hydrogen) atoms. The van der Waals surface area contributed by atoms with E-state index in [4.69, 9.17) is 11.5 Å². The molecule has 3 heteroatoms. The van der Waals surface area contributed by atoms with Gasteiger partial charge in [0.15, 0.2) is 0 Å². The lowest BCUT2D eigenvalue weighted by atomic mass is 10.0. The largest absolute Gasteiger partial charge is 0.398 e. The van der Waals surface area contributed by atoms with Crippen LogP contribution >= 0.6 is 0 Å². The van der Waals surface area contributed by atoms with Gasteiger partial charge in [-0.15, -0.1) is 0 Å². The number of anilines is 1. The van der Waals surface area contributed by atoms with Crippen molar-refractivity contribution in [3.8, 4) is 0 Å². The van der Waals surface area contributed by atoms with Crippen molar-refractivity contribution in [2.45, 2.75) is 19.1 Å². The SMILES string of the molecule is C[C@@H](O)[C@H](N)c1ccccc1N. The third-order valence-electron chi connectivity index (χ3n) is 1.87. The van der Waals surface area contributed by atoms with Gasteiger partial charge in [-0.05, 0) is 18.6 Å². The first-order chi connectivity index (χ1) is 5.63. The lowest BCUT2D eigenvalue weighted by molar-refractivity contribution is 0.164. The van der Waals surface area contributed by atoms with Crippen molar-refractivity contribution in [3.05, 3.63) is 29.8 Å². The number of aliphatic hydroxyl groups excluding tert-OH is 1. The molecule has 0 saturated heterocycles. The van der Waals surface area contributed by atoms with E-state index in [2.05, 4.69) is 0 Å². The summed E-state index contributed by atoms with van der Waals surface area (Å²) in [6.07, 6.45) is -0.574. The van der Waals surface area contributed by atoms with Gasteiger partial charge in [0, 0.05) is 5.69 Å². The summed E-state index contributed by atoms with van der Waals surface area (Å²) in [4.78, 5) is 0. The maximum atomic E-state index is 9.22. The summed E-state index contributed by atoms with van der Waals surface area (Å²) < 4.78 is 0. The van der Waals surface area contributed by atoms with E-state index in [0.29, 0.717) is 5.69 Å². The van der Waals surface area contributed by atoms with Crippen molar-refractivity contribution in [1.82, 2.24) is 0 Å². The average Bonchev–Trinajstić information content (AvgIpc) is 2.04. The van der Waals surface area contributed by atoms with E-state index < -0.39 is 12.1 Å². The molecule has 2 atom stereocenters. The Morgan fingerprint density at radius 3 is 2.42 bits per heavy atom. The van der Waals surface area contributed by atoms with E-state index in [1.165, 1.54) is 0 Å². The van der Waals surface area contributed by atoms with Crippen molar-refractivity contribution in [1.29, 1.82) is 0 Å². The molecule has 5 N–H and O–H groups in total. The lowest BCUT2D eigenvalue weighted by Gasteiger charge is -2.16. The van der Waals surface area contributed by atoms with Crippen molar-refractivity contribution in [2.75, 3.05) is 5.73 Å². The summed E-state index contributed by atoms with van der Waals surface area (Å²) in [5.74, 6) is 0. The van der Waals surface area contributed by atoms with Gasteiger partial charge in [-0.2, -0.15) is 0 Å². The molecule has 0 aliphatic rings. The molecule has 0 unspecified atom stereocenters. The number of hydrogen-bond acceptors (Lipinski definition) is 3. The highest BCUT2D eigenvalue weighted by Gasteiger charge is 2.13. The summed E-state index contributed by atoms with van der Waals surface area (Å²) in [5.41, 5.74) is 12.8. The van der Waals surface area contributed by atoms with E-state index in [0.717, 1.165) is 5.56 Å². The molecule has 1 aromatic carbocycles. The molecule has 3 nitrogen and oxygen atoms in total. The zero-order chi connectivity index (χ0) is 9.14. The van der Waals surface area contributed by atoms with Gasteiger partial charge in [0.1, 0.15) is 0 Å². The summed E-state index contributed by atoms with van der Waals surface area (Å²) in [6.45, 7) is 1.65. The fraction of sp³-hybridized carbons (Fsp3) is 0.333. The van der Waals surface area contributed by atoms with Gasteiger partial charge in [0.25, 0.3) is 0 Å². The minimum atomic E-state index is -0.574. The van der Waals surface area contributed by atoms with E-state index >= 15 is 0 Å². The van der Waals surface area contributed by atoms with Crippen LogP contribution in [-0.4, -0.2) is 11.2 Å². The first kappa shape index (κ1) is 9.03. The number of nitrogen functional groups attached to an aromatic ring is 1. The fourth-order valence-corrected chi connectivity index (χ4v) is 1.07. The van der Waals surface area contributed by atoms with Gasteiger partial charge in [0.05, 0.1) is 12.1 Å². The van der Waals surface area contributed by atoms with Gasteiger partial charge < -0.3 is 16.6 Å². The quantitative estimate of drug-likeness (QED) is 0.565. The molecule has 0 heterocycles. The Bertz CT molecular complexity index is 260. The van der Waals surface area contributed by atoms with Gasteiger partial charge in [-0.1, -0.05) is 18.2 Å². The smallest absolute Gasteiger partial charge is 0.0705 e. The summed E-state index contributed by atoms with van der Waals surface area (Å²) >= 11 is 0. The van der Waals surface area contributed by atoms with E-state index in [9.17, 15) is 5.11 Å². The Morgan fingerprint density at radius 1 is 1.33 bits per heavy atom. The van der Waals surface area contributed by atoms with Crippen molar-refractivity contribution in [3.63, 3.8) is 0 Å². The Kier molecular flexibility index (Phi) is 2.68. The summed E-state index contributed by atoms with van der Waals surface area (Å²) in [5, 5.41) is 9.22. The highest BCUT2D eigenvalue weighted by Crippen LogP contribution is 2.20. The van der Waals surface area contributed by atoms with E-state index in [1.807, 2.05) is 18.2 Å². The molecule has 0 aromatic heterocycles. The van der Waals surface area contributed by atoms with Crippen LogP contribution in [-0.2, 0) is 0 Å². The second-order valence-electron chi connectivity index (χ2n) is 2.90. The predicted octanol–water partition coefficient (Wildman–Crippen LogP) is 0.649. The number of aliphatic hydroxyl groups is 1. The van der Waals surface area contributed by atoms with Gasteiger partial charge >= 0.3 is 0 Å². The van der Waals surface area contributed by atoms with Crippen LogP contribution in [0.4, 0.5) is 5.69 Å². The Balaban J connectivity index is 2.94. The molecule has 1 rings (SSSR count). The summed E-state index contributed by atoms with van der Waals surface area (Å²) in [7, 11) is 0. The van der Waals surface area contributed by atoms with Crippen molar-refractivity contribution in [2.24, 2.45) is 5.73 Å². The fourth-order valence-electron chi connectivity index (χ4n) is 1.07. The van der Waals surface area contributed by atoms with Crippen LogP contribution in [0.3, 0.4) is 0 Å². The lowest BCUT2D eigenvalue weighted by Crippen LogP contribution is -2.24. The minimum absolute atomic E-state index is 0.397. The zero-order valence-electron chi connectivity index (χ0n) is 7.07. The molecule has 0 amide bonds. The number of para-hydroxylation sites is 1. The number of nitrogens with two attached hydrogens (primary N) is 2. The number of benzene rings is 1. The molecule has 0 aliphatic heterocycles. The third kappa shape index (κ3) is 1.75. The van der Waals surface area contributed by atoms with Crippen molar-refractivity contribution < 1.29 is 5.11 Å². The second kappa shape index (κ2) is 3.56. The molecular formula is C9H14N2O. The Morgan fingerprint density at radius 2 is 1.92 bits per heavy atom. The summed E-state index contributed by atoms with van der Waals surface area (Å²) in [6, 6.07) is 6.90. The van der Waals surface area contributed by atoms with Crippen molar-refractivity contribution >= 4 is 5.69 Å². The first-order valence-electron chi connectivity index (χ1n) is 3.91. The monoisotopic (exact) mass is 166 g/mol. The predicted molar refractivity (Wildman–Crippen MR) is 49.5 cm³/mol. The maximum Gasteiger partial charge on any atom is 0.0705 e. The normalized spacial score (nSPS) is 15.6. The molecule has 0 spiro atoms. The molecule has 0 saturated carbocycles. The zero-order valence-corrected chi connectivity index (χ0v) is 7.07. The van der Waals surface area contributed by atoms with Gasteiger partial charge in [-0.25, -0.2) is 0 Å². The Labute approximate surface area is 72.0 Å². The average molecular weight is 166 g/mol. The van der Waals surface area contributed by atoms with Crippen LogP contribution < -0.4 is 11.5 Å². The first-order valence-corrected chi connectivity index (χ1v) is 3.91. The molecule has 0 bridgehead atoms.